The standard InChI is InChI=1S/C12H16ClF2NO4S/c1-16(6-3-7-19-2)21(17,18)9-4-5-11(10(13)8-9)20-12(14)15/h4-5,8,12H,3,6-7H2,1-2H3. The van der Waals surface area contributed by atoms with Gasteiger partial charge in [-0.05, 0) is 24.6 Å². The average Bonchev–Trinajstić information content (AvgIpc) is 2.40. The summed E-state index contributed by atoms with van der Waals surface area (Å²) < 4.78 is 58.9. The molecule has 9 heteroatoms. The van der Waals surface area contributed by atoms with Crippen molar-refractivity contribution < 1.29 is 26.7 Å². The molecule has 0 aromatic heterocycles. The van der Waals surface area contributed by atoms with Gasteiger partial charge in [0.25, 0.3) is 0 Å². The number of hydrogen-bond acceptors (Lipinski definition) is 4. The third-order valence-electron chi connectivity index (χ3n) is 2.65. The summed E-state index contributed by atoms with van der Waals surface area (Å²) >= 11 is 5.75. The summed E-state index contributed by atoms with van der Waals surface area (Å²) in [5.74, 6) is -0.271. The van der Waals surface area contributed by atoms with Crippen LogP contribution in [0.25, 0.3) is 0 Å². The Labute approximate surface area is 127 Å². The molecule has 5 nitrogen and oxygen atoms in total. The fraction of sp³-hybridized carbons (Fsp3) is 0.500. The Balaban J connectivity index is 2.91. The quantitative estimate of drug-likeness (QED) is 0.681. The number of alkyl halides is 2. The summed E-state index contributed by atoms with van der Waals surface area (Å²) in [6.07, 6.45) is 0.534. The lowest BCUT2D eigenvalue weighted by atomic mass is 10.3. The smallest absolute Gasteiger partial charge is 0.387 e. The van der Waals surface area contributed by atoms with Crippen molar-refractivity contribution in [3.8, 4) is 5.75 Å². The summed E-state index contributed by atoms with van der Waals surface area (Å²) in [5, 5.41) is -0.193. The molecule has 1 rings (SSSR count). The van der Waals surface area contributed by atoms with Crippen molar-refractivity contribution in [2.45, 2.75) is 17.9 Å². The molecule has 0 aliphatic rings. The molecular formula is C12H16ClF2NO4S. The van der Waals surface area contributed by atoms with E-state index in [0.29, 0.717) is 13.0 Å². The maximum Gasteiger partial charge on any atom is 0.387 e. The molecule has 0 saturated carbocycles. The van der Waals surface area contributed by atoms with Crippen LogP contribution in [-0.2, 0) is 14.8 Å². The zero-order valence-corrected chi connectivity index (χ0v) is 13.1. The highest BCUT2D eigenvalue weighted by atomic mass is 35.5. The summed E-state index contributed by atoms with van der Waals surface area (Å²) in [4.78, 5) is -0.0889. The number of nitrogens with zero attached hydrogens (tertiary/aromatic N) is 1. The second-order valence-corrected chi connectivity index (χ2v) is 6.60. The van der Waals surface area contributed by atoms with E-state index in [1.165, 1.54) is 20.2 Å². The normalized spacial score (nSPS) is 12.1. The molecule has 0 unspecified atom stereocenters. The van der Waals surface area contributed by atoms with E-state index in [4.69, 9.17) is 16.3 Å². The molecule has 1 aromatic rings. The van der Waals surface area contributed by atoms with Crippen LogP contribution in [0.3, 0.4) is 0 Å². The van der Waals surface area contributed by atoms with Crippen molar-refractivity contribution in [3.05, 3.63) is 23.2 Å². The fourth-order valence-corrected chi connectivity index (χ4v) is 3.09. The summed E-state index contributed by atoms with van der Waals surface area (Å²) in [7, 11) is -0.794. The number of rotatable bonds is 8. The molecule has 0 radical (unpaired) electrons. The zero-order valence-electron chi connectivity index (χ0n) is 11.6. The molecular weight excluding hydrogens is 328 g/mol. The van der Waals surface area contributed by atoms with E-state index in [0.717, 1.165) is 16.4 Å². The van der Waals surface area contributed by atoms with E-state index in [9.17, 15) is 17.2 Å². The third-order valence-corrected chi connectivity index (χ3v) is 4.80. The van der Waals surface area contributed by atoms with E-state index in [1.54, 1.807) is 0 Å². The molecule has 0 aliphatic carbocycles. The SMILES string of the molecule is COCCCN(C)S(=O)(=O)c1ccc(OC(F)F)c(Cl)c1. The highest BCUT2D eigenvalue weighted by Gasteiger charge is 2.22. The van der Waals surface area contributed by atoms with Crippen LogP contribution in [0.2, 0.25) is 5.02 Å². The number of ether oxygens (including phenoxy) is 2. The number of hydrogen-bond donors (Lipinski definition) is 0. The Hall–Kier alpha value is -0.960. The first-order valence-corrected chi connectivity index (χ1v) is 7.80. The van der Waals surface area contributed by atoms with Crippen LogP contribution in [0.4, 0.5) is 8.78 Å². The van der Waals surface area contributed by atoms with Crippen LogP contribution in [0.1, 0.15) is 6.42 Å². The van der Waals surface area contributed by atoms with Gasteiger partial charge in [-0.25, -0.2) is 12.7 Å². The molecule has 21 heavy (non-hydrogen) atoms. The van der Waals surface area contributed by atoms with Gasteiger partial charge in [-0.2, -0.15) is 8.78 Å². The predicted octanol–water partition coefficient (Wildman–Crippen LogP) is 2.60. The molecule has 0 heterocycles. The van der Waals surface area contributed by atoms with Gasteiger partial charge in [0, 0.05) is 27.3 Å². The first-order valence-electron chi connectivity index (χ1n) is 5.98. The highest BCUT2D eigenvalue weighted by Crippen LogP contribution is 2.29. The van der Waals surface area contributed by atoms with E-state index in [1.807, 2.05) is 0 Å². The van der Waals surface area contributed by atoms with E-state index < -0.39 is 16.6 Å². The van der Waals surface area contributed by atoms with Gasteiger partial charge in [0.1, 0.15) is 5.75 Å². The molecule has 0 N–H and O–H groups in total. The topological polar surface area (TPSA) is 55.8 Å². The lowest BCUT2D eigenvalue weighted by Gasteiger charge is -2.17. The van der Waals surface area contributed by atoms with E-state index in [2.05, 4.69) is 4.74 Å². The van der Waals surface area contributed by atoms with Gasteiger partial charge < -0.3 is 9.47 Å². The predicted molar refractivity (Wildman–Crippen MR) is 74.4 cm³/mol. The van der Waals surface area contributed by atoms with Crippen LogP contribution in [0, 0.1) is 0 Å². The van der Waals surface area contributed by atoms with Gasteiger partial charge in [0.2, 0.25) is 10.0 Å². The largest absolute Gasteiger partial charge is 0.433 e. The van der Waals surface area contributed by atoms with Crippen molar-refractivity contribution >= 4 is 21.6 Å². The van der Waals surface area contributed by atoms with Gasteiger partial charge in [0.15, 0.2) is 0 Å². The number of benzene rings is 1. The molecule has 0 fully saturated rings. The lowest BCUT2D eigenvalue weighted by molar-refractivity contribution is -0.0498. The molecule has 1 aromatic carbocycles. The van der Waals surface area contributed by atoms with Crippen LogP contribution in [-0.4, -0.2) is 46.6 Å². The highest BCUT2D eigenvalue weighted by molar-refractivity contribution is 7.89. The summed E-state index contributed by atoms with van der Waals surface area (Å²) in [5.41, 5.74) is 0. The van der Waals surface area contributed by atoms with Crippen molar-refractivity contribution in [3.63, 3.8) is 0 Å². The van der Waals surface area contributed by atoms with Crippen LogP contribution in [0.15, 0.2) is 23.1 Å². The zero-order chi connectivity index (χ0) is 16.0. The van der Waals surface area contributed by atoms with Gasteiger partial charge >= 0.3 is 6.61 Å². The lowest BCUT2D eigenvalue weighted by Crippen LogP contribution is -2.28. The minimum Gasteiger partial charge on any atom is -0.433 e. The summed E-state index contributed by atoms with van der Waals surface area (Å²) in [6, 6.07) is 3.36. The summed E-state index contributed by atoms with van der Waals surface area (Å²) in [6.45, 7) is -2.33. The number of methoxy groups -OCH3 is 1. The van der Waals surface area contributed by atoms with Gasteiger partial charge in [-0.15, -0.1) is 0 Å². The Bertz CT molecular complexity index is 568. The van der Waals surface area contributed by atoms with Crippen LogP contribution in [0.5, 0.6) is 5.75 Å². The van der Waals surface area contributed by atoms with Crippen LogP contribution >= 0.6 is 11.6 Å². The molecule has 0 saturated heterocycles. The maximum atomic E-state index is 12.2. The Morgan fingerprint density at radius 2 is 2.05 bits per heavy atom. The second-order valence-electron chi connectivity index (χ2n) is 4.14. The Morgan fingerprint density at radius 1 is 1.38 bits per heavy atom. The molecule has 0 bridgehead atoms. The minimum absolute atomic E-state index is 0.0889. The average molecular weight is 344 g/mol. The van der Waals surface area contributed by atoms with Gasteiger partial charge in [0.05, 0.1) is 9.92 Å². The number of halogens is 3. The van der Waals surface area contributed by atoms with Crippen LogP contribution < -0.4 is 4.74 Å². The molecule has 0 spiro atoms. The van der Waals surface area contributed by atoms with Gasteiger partial charge in [-0.1, -0.05) is 11.6 Å². The van der Waals surface area contributed by atoms with E-state index in [-0.39, 0.29) is 22.2 Å². The third kappa shape index (κ3) is 5.06. The maximum absolute atomic E-state index is 12.2. The van der Waals surface area contributed by atoms with E-state index >= 15 is 0 Å². The second kappa shape index (κ2) is 7.88. The van der Waals surface area contributed by atoms with Crippen molar-refractivity contribution in [2.24, 2.45) is 0 Å². The molecule has 120 valence electrons. The van der Waals surface area contributed by atoms with Gasteiger partial charge in [-0.3, -0.25) is 0 Å². The number of sulfonamides is 1. The monoisotopic (exact) mass is 343 g/mol. The Kier molecular flexibility index (Phi) is 6.79. The molecule has 0 aliphatic heterocycles. The molecule has 0 atom stereocenters. The van der Waals surface area contributed by atoms with Crippen molar-refractivity contribution in [1.82, 2.24) is 4.31 Å². The first-order chi connectivity index (χ1) is 9.78. The van der Waals surface area contributed by atoms with Crippen molar-refractivity contribution in [2.75, 3.05) is 27.3 Å². The first kappa shape index (κ1) is 18.1. The Morgan fingerprint density at radius 3 is 2.57 bits per heavy atom. The fourth-order valence-electron chi connectivity index (χ4n) is 1.57. The minimum atomic E-state index is -3.74. The van der Waals surface area contributed by atoms with Crippen molar-refractivity contribution in [1.29, 1.82) is 0 Å². The molecule has 0 amide bonds.